The normalized spacial score (nSPS) is 30.6. The molecule has 0 spiro atoms. The molecular weight excluding hydrogens is 192 g/mol. The van der Waals surface area contributed by atoms with Crippen molar-refractivity contribution in [3.05, 3.63) is 0 Å². The van der Waals surface area contributed by atoms with Crippen molar-refractivity contribution in [2.45, 2.75) is 64.7 Å². The van der Waals surface area contributed by atoms with Gasteiger partial charge in [0.15, 0.2) is 0 Å². The molecule has 1 aliphatic carbocycles. The predicted octanol–water partition coefficient (Wildman–Crippen LogP) is 4.86. The molecule has 0 bridgehead atoms. The summed E-state index contributed by atoms with van der Waals surface area (Å²) in [5.74, 6) is 2.65. The van der Waals surface area contributed by atoms with Crippen LogP contribution in [0.15, 0.2) is 0 Å². The molecule has 1 saturated carbocycles. The van der Waals surface area contributed by atoms with Crippen molar-refractivity contribution in [3.63, 3.8) is 0 Å². The number of halogens is 1. The molecule has 0 heterocycles. The van der Waals surface area contributed by atoms with Crippen LogP contribution in [-0.4, -0.2) is 5.38 Å². The largest absolute Gasteiger partial charge is 0.123 e. The van der Waals surface area contributed by atoms with E-state index < -0.39 is 0 Å². The first-order valence-electron chi connectivity index (χ1n) is 6.29. The molecule has 14 heavy (non-hydrogen) atoms. The van der Waals surface area contributed by atoms with Crippen LogP contribution >= 0.6 is 11.6 Å². The quantitative estimate of drug-likeness (QED) is 0.589. The summed E-state index contributed by atoms with van der Waals surface area (Å²) in [6, 6.07) is 0. The van der Waals surface area contributed by atoms with Gasteiger partial charge in [-0.05, 0) is 49.9 Å². The number of rotatable bonds is 4. The van der Waals surface area contributed by atoms with E-state index in [4.69, 9.17) is 11.6 Å². The number of hydrogen-bond donors (Lipinski definition) is 0. The van der Waals surface area contributed by atoms with Crippen LogP contribution < -0.4 is 0 Å². The molecule has 0 radical (unpaired) electrons. The third kappa shape index (κ3) is 3.46. The van der Waals surface area contributed by atoms with Crippen molar-refractivity contribution >= 4 is 11.6 Å². The van der Waals surface area contributed by atoms with Crippen molar-refractivity contribution < 1.29 is 0 Å². The van der Waals surface area contributed by atoms with E-state index in [1.165, 1.54) is 38.5 Å². The molecule has 0 aliphatic heterocycles. The molecule has 1 fully saturated rings. The van der Waals surface area contributed by atoms with Gasteiger partial charge < -0.3 is 0 Å². The molecule has 1 atom stereocenters. The van der Waals surface area contributed by atoms with E-state index in [-0.39, 0.29) is 0 Å². The van der Waals surface area contributed by atoms with Gasteiger partial charge in [0.25, 0.3) is 0 Å². The predicted molar refractivity (Wildman–Crippen MR) is 64.8 cm³/mol. The third-order valence-electron chi connectivity index (χ3n) is 3.84. The second kappa shape index (κ2) is 6.00. The Bertz CT molecular complexity index is 145. The second-order valence-electron chi connectivity index (χ2n) is 5.22. The van der Waals surface area contributed by atoms with E-state index in [1.807, 2.05) is 0 Å². The van der Waals surface area contributed by atoms with Gasteiger partial charge in [0, 0.05) is 5.38 Å². The van der Waals surface area contributed by atoms with Crippen molar-refractivity contribution in [3.8, 4) is 0 Å². The van der Waals surface area contributed by atoms with E-state index in [2.05, 4.69) is 20.8 Å². The fraction of sp³-hybridized carbons (Fsp3) is 1.00. The zero-order valence-corrected chi connectivity index (χ0v) is 10.7. The van der Waals surface area contributed by atoms with E-state index in [9.17, 15) is 0 Å². The topological polar surface area (TPSA) is 0 Å². The molecule has 0 N–H and O–H groups in total. The Kier molecular flexibility index (Phi) is 5.30. The second-order valence-corrected chi connectivity index (χ2v) is 5.78. The Hall–Kier alpha value is 0.290. The molecule has 0 aromatic heterocycles. The van der Waals surface area contributed by atoms with E-state index in [1.54, 1.807) is 0 Å². The van der Waals surface area contributed by atoms with Gasteiger partial charge in [0.1, 0.15) is 0 Å². The molecule has 1 rings (SSSR count). The van der Waals surface area contributed by atoms with Crippen LogP contribution in [0.2, 0.25) is 0 Å². The van der Waals surface area contributed by atoms with Gasteiger partial charge in [-0.15, -0.1) is 11.6 Å². The summed E-state index contributed by atoms with van der Waals surface area (Å²) in [7, 11) is 0. The zero-order valence-electron chi connectivity index (χ0n) is 9.93. The van der Waals surface area contributed by atoms with Crippen LogP contribution in [0.3, 0.4) is 0 Å². The van der Waals surface area contributed by atoms with Gasteiger partial charge in [-0.25, -0.2) is 0 Å². The molecule has 84 valence electrons. The highest BCUT2D eigenvalue weighted by atomic mass is 35.5. The van der Waals surface area contributed by atoms with Crippen LogP contribution in [0, 0.1) is 17.8 Å². The molecule has 0 nitrogen and oxygen atoms in total. The molecule has 0 aromatic carbocycles. The minimum Gasteiger partial charge on any atom is -0.123 e. The van der Waals surface area contributed by atoms with Gasteiger partial charge in [-0.2, -0.15) is 0 Å². The maximum Gasteiger partial charge on any atom is 0.0364 e. The highest BCUT2D eigenvalue weighted by molar-refractivity contribution is 6.20. The summed E-state index contributed by atoms with van der Waals surface area (Å²) in [6.07, 6.45) is 8.01. The Morgan fingerprint density at radius 1 is 1.07 bits per heavy atom. The summed E-state index contributed by atoms with van der Waals surface area (Å²) >= 11 is 6.39. The van der Waals surface area contributed by atoms with Gasteiger partial charge >= 0.3 is 0 Å². The van der Waals surface area contributed by atoms with E-state index in [0.717, 1.165) is 17.8 Å². The lowest BCUT2D eigenvalue weighted by atomic mass is 9.75. The molecular formula is C13H25Cl. The summed E-state index contributed by atoms with van der Waals surface area (Å²) < 4.78 is 0. The third-order valence-corrected chi connectivity index (χ3v) is 4.41. The van der Waals surface area contributed by atoms with E-state index in [0.29, 0.717) is 5.38 Å². The lowest BCUT2D eigenvalue weighted by Gasteiger charge is -2.33. The summed E-state index contributed by atoms with van der Waals surface area (Å²) in [5.41, 5.74) is 0. The summed E-state index contributed by atoms with van der Waals surface area (Å²) in [4.78, 5) is 0. The lowest BCUT2D eigenvalue weighted by molar-refractivity contribution is 0.217. The van der Waals surface area contributed by atoms with Gasteiger partial charge in [-0.3, -0.25) is 0 Å². The van der Waals surface area contributed by atoms with Gasteiger partial charge in [-0.1, -0.05) is 27.2 Å². The maximum atomic E-state index is 6.39. The average Bonchev–Trinajstić information content (AvgIpc) is 2.18. The first kappa shape index (κ1) is 12.4. The van der Waals surface area contributed by atoms with Crippen molar-refractivity contribution in [1.82, 2.24) is 0 Å². The minimum absolute atomic E-state index is 0.452. The maximum absolute atomic E-state index is 6.39. The summed E-state index contributed by atoms with van der Waals surface area (Å²) in [5, 5.41) is 0.452. The van der Waals surface area contributed by atoms with Crippen molar-refractivity contribution in [2.24, 2.45) is 17.8 Å². The van der Waals surface area contributed by atoms with Crippen molar-refractivity contribution in [2.75, 3.05) is 0 Å². The minimum atomic E-state index is 0.452. The number of hydrogen-bond acceptors (Lipinski definition) is 0. The van der Waals surface area contributed by atoms with Crippen molar-refractivity contribution in [1.29, 1.82) is 0 Å². The first-order chi connectivity index (χ1) is 6.65. The summed E-state index contributed by atoms with van der Waals surface area (Å²) in [6.45, 7) is 6.94. The molecule has 0 aromatic rings. The van der Waals surface area contributed by atoms with Crippen LogP contribution in [0.5, 0.6) is 0 Å². The molecule has 0 amide bonds. The SMILES string of the molecule is CCCC(Cl)C1CCC(C(C)C)CC1. The molecule has 1 aliphatic rings. The van der Waals surface area contributed by atoms with Crippen LogP contribution in [0.1, 0.15) is 59.3 Å². The Morgan fingerprint density at radius 2 is 1.57 bits per heavy atom. The Morgan fingerprint density at radius 3 is 2.00 bits per heavy atom. The average molecular weight is 217 g/mol. The van der Waals surface area contributed by atoms with Crippen LogP contribution in [0.25, 0.3) is 0 Å². The Balaban J connectivity index is 2.28. The molecule has 1 unspecified atom stereocenters. The van der Waals surface area contributed by atoms with E-state index >= 15 is 0 Å². The van der Waals surface area contributed by atoms with Crippen LogP contribution in [0.4, 0.5) is 0 Å². The highest BCUT2D eigenvalue weighted by Crippen LogP contribution is 2.37. The lowest BCUT2D eigenvalue weighted by Crippen LogP contribution is -2.24. The molecule has 0 saturated heterocycles. The van der Waals surface area contributed by atoms with Gasteiger partial charge in [0.05, 0.1) is 0 Å². The fourth-order valence-corrected chi connectivity index (χ4v) is 3.16. The molecule has 1 heteroatoms. The van der Waals surface area contributed by atoms with Gasteiger partial charge in [0.2, 0.25) is 0 Å². The zero-order chi connectivity index (χ0) is 10.6. The monoisotopic (exact) mass is 216 g/mol. The highest BCUT2D eigenvalue weighted by Gasteiger charge is 2.27. The number of alkyl halides is 1. The fourth-order valence-electron chi connectivity index (χ4n) is 2.68. The first-order valence-corrected chi connectivity index (χ1v) is 6.72. The smallest absolute Gasteiger partial charge is 0.0364 e. The standard InChI is InChI=1S/C13H25Cl/c1-4-5-13(14)12-8-6-11(7-9-12)10(2)3/h10-13H,4-9H2,1-3H3. The van der Waals surface area contributed by atoms with Crippen LogP contribution in [-0.2, 0) is 0 Å². The Labute approximate surface area is 94.4 Å².